The second-order valence-corrected chi connectivity index (χ2v) is 8.29. The first kappa shape index (κ1) is 22.6. The van der Waals surface area contributed by atoms with E-state index in [1.165, 1.54) is 0 Å². The second-order valence-electron chi connectivity index (χ2n) is 8.29. The van der Waals surface area contributed by atoms with Gasteiger partial charge in [-0.2, -0.15) is 19.6 Å². The summed E-state index contributed by atoms with van der Waals surface area (Å²) in [7, 11) is 0. The van der Waals surface area contributed by atoms with Crippen molar-refractivity contribution in [1.82, 2.24) is 24.6 Å². The fourth-order valence-corrected chi connectivity index (χ4v) is 3.61. The van der Waals surface area contributed by atoms with Crippen LogP contribution in [0.4, 0.5) is 11.9 Å². The summed E-state index contributed by atoms with van der Waals surface area (Å²) >= 11 is 0. The third kappa shape index (κ3) is 4.94. The lowest BCUT2D eigenvalue weighted by Gasteiger charge is -2.20. The first-order valence-corrected chi connectivity index (χ1v) is 11.0. The molecule has 0 aliphatic heterocycles. The van der Waals surface area contributed by atoms with Crippen LogP contribution in [0.2, 0.25) is 0 Å². The van der Waals surface area contributed by atoms with Gasteiger partial charge in [0.2, 0.25) is 11.9 Å². The van der Waals surface area contributed by atoms with Gasteiger partial charge in [0.05, 0.1) is 24.9 Å². The molecule has 9 heteroatoms. The molecule has 172 valence electrons. The molecular formula is C24H29N7O2. The van der Waals surface area contributed by atoms with E-state index in [4.69, 9.17) is 0 Å². The van der Waals surface area contributed by atoms with Crippen LogP contribution in [0.3, 0.4) is 0 Å². The van der Waals surface area contributed by atoms with Gasteiger partial charge >= 0.3 is 0 Å². The average Bonchev–Trinajstić information content (AvgIpc) is 3.26. The van der Waals surface area contributed by atoms with Crippen molar-refractivity contribution in [2.45, 2.75) is 45.4 Å². The van der Waals surface area contributed by atoms with Crippen molar-refractivity contribution in [1.29, 1.82) is 0 Å². The highest BCUT2D eigenvalue weighted by Crippen LogP contribution is 2.25. The Balaban J connectivity index is 1.69. The lowest BCUT2D eigenvalue weighted by molar-refractivity contribution is 0.132. The van der Waals surface area contributed by atoms with Crippen LogP contribution in [0.15, 0.2) is 55.0 Å². The Hall–Kier alpha value is -3.56. The molecule has 1 aromatic carbocycles. The van der Waals surface area contributed by atoms with Gasteiger partial charge in [0, 0.05) is 24.5 Å². The topological polar surface area (TPSA) is 120 Å². The number of nitrogens with zero attached hydrogens (tertiary/aromatic N) is 5. The number of hydrogen-bond donors (Lipinski definition) is 4. The number of fused-ring (bicyclic) bond motifs is 1. The average molecular weight is 448 g/mol. The Bertz CT molecular complexity index is 1210. The van der Waals surface area contributed by atoms with Gasteiger partial charge < -0.3 is 20.8 Å². The summed E-state index contributed by atoms with van der Waals surface area (Å²) < 4.78 is 1.68. The molecule has 2 unspecified atom stereocenters. The van der Waals surface area contributed by atoms with Crippen LogP contribution in [0.5, 0.6) is 0 Å². The third-order valence-corrected chi connectivity index (χ3v) is 5.54. The normalized spacial score (nSPS) is 13.3. The Kier molecular flexibility index (Phi) is 6.81. The van der Waals surface area contributed by atoms with E-state index in [-0.39, 0.29) is 12.5 Å². The van der Waals surface area contributed by atoms with E-state index in [0.29, 0.717) is 24.1 Å². The number of nitrogens with one attached hydrogen (secondary N) is 2. The largest absolute Gasteiger partial charge is 0.394 e. The zero-order valence-electron chi connectivity index (χ0n) is 19.0. The number of hydrogen-bond acceptors (Lipinski definition) is 8. The minimum absolute atomic E-state index is 0.214. The van der Waals surface area contributed by atoms with Gasteiger partial charge in [-0.05, 0) is 35.6 Å². The molecule has 3 heterocycles. The summed E-state index contributed by atoms with van der Waals surface area (Å²) in [5.74, 6) is 1.02. The Morgan fingerprint density at radius 2 is 1.82 bits per heavy atom. The van der Waals surface area contributed by atoms with Crippen LogP contribution >= 0.6 is 0 Å². The highest BCUT2D eigenvalue weighted by Gasteiger charge is 2.19. The van der Waals surface area contributed by atoms with E-state index in [1.54, 1.807) is 23.8 Å². The molecule has 0 radical (unpaired) electrons. The molecule has 3 aromatic heterocycles. The molecule has 0 aliphatic carbocycles. The molecule has 4 aromatic rings. The standard InChI is InChI=1S/C24H29N7O2/c1-15(2)20-13-27-31-22(20)29-23(28-21(14-32)16(3)33)30-24(31)26-12-18-11-25-10-9-19(18)17-7-5-4-6-8-17/h4-11,13,15-16,21,32-33H,12,14H2,1-3H3,(H2,26,28,29,30). The molecule has 0 fully saturated rings. The number of aliphatic hydroxyl groups is 2. The van der Waals surface area contributed by atoms with E-state index in [2.05, 4.69) is 56.7 Å². The summed E-state index contributed by atoms with van der Waals surface area (Å²) in [5.41, 5.74) is 4.85. The molecule has 0 spiro atoms. The molecule has 0 bridgehead atoms. The number of benzene rings is 1. The fraction of sp³-hybridized carbons (Fsp3) is 0.333. The van der Waals surface area contributed by atoms with Gasteiger partial charge in [-0.1, -0.05) is 44.2 Å². The monoisotopic (exact) mass is 447 g/mol. The van der Waals surface area contributed by atoms with E-state index in [0.717, 1.165) is 22.3 Å². The van der Waals surface area contributed by atoms with Gasteiger partial charge in [-0.15, -0.1) is 0 Å². The molecule has 0 amide bonds. The van der Waals surface area contributed by atoms with Crippen molar-refractivity contribution in [2.24, 2.45) is 0 Å². The van der Waals surface area contributed by atoms with Crippen molar-refractivity contribution in [3.63, 3.8) is 0 Å². The van der Waals surface area contributed by atoms with Crippen LogP contribution in [-0.2, 0) is 6.54 Å². The Labute approximate surface area is 192 Å². The zero-order valence-corrected chi connectivity index (χ0v) is 19.0. The molecule has 0 saturated carbocycles. The van der Waals surface area contributed by atoms with Crippen molar-refractivity contribution in [3.8, 4) is 11.1 Å². The highest BCUT2D eigenvalue weighted by atomic mass is 16.3. The Morgan fingerprint density at radius 3 is 2.52 bits per heavy atom. The molecule has 4 rings (SSSR count). The SMILES string of the molecule is CC(C)c1cnn2c(NCc3cnccc3-c3ccccc3)nc(NC(CO)C(C)O)nc12. The number of pyridine rings is 1. The molecule has 4 N–H and O–H groups in total. The van der Waals surface area contributed by atoms with Gasteiger partial charge in [0.25, 0.3) is 0 Å². The number of rotatable bonds is 9. The van der Waals surface area contributed by atoms with E-state index in [9.17, 15) is 10.2 Å². The lowest BCUT2D eigenvalue weighted by atomic mass is 10.0. The minimum atomic E-state index is -0.774. The summed E-state index contributed by atoms with van der Waals surface area (Å²) in [6, 6.07) is 11.5. The summed E-state index contributed by atoms with van der Waals surface area (Å²) in [4.78, 5) is 13.5. The molecule has 9 nitrogen and oxygen atoms in total. The first-order chi connectivity index (χ1) is 16.0. The van der Waals surface area contributed by atoms with Crippen molar-refractivity contribution < 1.29 is 10.2 Å². The zero-order chi connectivity index (χ0) is 23.4. The van der Waals surface area contributed by atoms with Crippen molar-refractivity contribution >= 4 is 17.5 Å². The Morgan fingerprint density at radius 1 is 1.03 bits per heavy atom. The molecule has 0 saturated heterocycles. The third-order valence-electron chi connectivity index (χ3n) is 5.54. The summed E-state index contributed by atoms with van der Waals surface area (Å²) in [6.07, 6.45) is 4.64. The second kappa shape index (κ2) is 9.93. The lowest BCUT2D eigenvalue weighted by Crippen LogP contribution is -2.35. The predicted octanol–water partition coefficient (Wildman–Crippen LogP) is 3.08. The number of aromatic nitrogens is 5. The number of aliphatic hydroxyl groups excluding tert-OH is 2. The van der Waals surface area contributed by atoms with Gasteiger partial charge in [-0.3, -0.25) is 4.98 Å². The maximum atomic E-state index is 9.93. The minimum Gasteiger partial charge on any atom is -0.394 e. The summed E-state index contributed by atoms with van der Waals surface area (Å²) in [5, 5.41) is 30.5. The molecular weight excluding hydrogens is 418 g/mol. The maximum absolute atomic E-state index is 9.93. The number of anilines is 2. The van der Waals surface area contributed by atoms with Crippen LogP contribution in [0.25, 0.3) is 16.8 Å². The molecule has 0 aliphatic rings. The smallest absolute Gasteiger partial charge is 0.229 e. The van der Waals surface area contributed by atoms with Crippen LogP contribution in [0, 0.1) is 0 Å². The van der Waals surface area contributed by atoms with E-state index < -0.39 is 12.1 Å². The van der Waals surface area contributed by atoms with Crippen molar-refractivity contribution in [2.75, 3.05) is 17.2 Å². The maximum Gasteiger partial charge on any atom is 0.229 e. The summed E-state index contributed by atoms with van der Waals surface area (Å²) in [6.45, 7) is 5.99. The highest BCUT2D eigenvalue weighted by molar-refractivity contribution is 5.67. The van der Waals surface area contributed by atoms with Crippen LogP contribution < -0.4 is 10.6 Å². The molecule has 33 heavy (non-hydrogen) atoms. The van der Waals surface area contributed by atoms with E-state index in [1.807, 2.05) is 30.5 Å². The van der Waals surface area contributed by atoms with E-state index >= 15 is 0 Å². The van der Waals surface area contributed by atoms with Crippen LogP contribution in [0.1, 0.15) is 37.8 Å². The van der Waals surface area contributed by atoms with Gasteiger partial charge in [0.15, 0.2) is 5.65 Å². The first-order valence-electron chi connectivity index (χ1n) is 11.0. The predicted molar refractivity (Wildman–Crippen MR) is 128 cm³/mol. The van der Waals surface area contributed by atoms with Crippen LogP contribution in [-0.4, -0.2) is 53.5 Å². The van der Waals surface area contributed by atoms with Gasteiger partial charge in [-0.25, -0.2) is 0 Å². The fourth-order valence-electron chi connectivity index (χ4n) is 3.61. The quantitative estimate of drug-likeness (QED) is 0.309. The van der Waals surface area contributed by atoms with Gasteiger partial charge in [0.1, 0.15) is 0 Å². The van der Waals surface area contributed by atoms with Crippen molar-refractivity contribution in [3.05, 3.63) is 66.1 Å². The molecule has 2 atom stereocenters.